The average Bonchev–Trinajstić information content (AvgIpc) is 3.20. The molecule has 9 nitrogen and oxygen atoms in total. The molecule has 0 atom stereocenters. The van der Waals surface area contributed by atoms with Gasteiger partial charge in [-0.15, -0.1) is 0 Å². The Bertz CT molecular complexity index is 1810. The predicted octanol–water partition coefficient (Wildman–Crippen LogP) is 5.81. The number of hydrogen-bond donors (Lipinski definition) is 1. The number of benzene rings is 4. The highest BCUT2D eigenvalue weighted by Crippen LogP contribution is 2.36. The third kappa shape index (κ3) is 6.11. The molecule has 5 rings (SSSR count). The molecule has 0 aromatic heterocycles. The van der Waals surface area contributed by atoms with Crippen molar-refractivity contribution in [2.75, 3.05) is 12.4 Å². The van der Waals surface area contributed by atoms with E-state index in [1.54, 1.807) is 6.07 Å². The first-order valence-corrected chi connectivity index (χ1v) is 14.6. The monoisotopic (exact) mass is 588 g/mol. The summed E-state index contributed by atoms with van der Waals surface area (Å²) in [5.41, 5.74) is 1.72. The van der Waals surface area contributed by atoms with Crippen LogP contribution in [0, 0.1) is 0 Å². The molecule has 1 N–H and O–H groups in total. The van der Waals surface area contributed by atoms with Gasteiger partial charge in [0.25, 0.3) is 11.1 Å². The Balaban J connectivity index is 1.38. The van der Waals surface area contributed by atoms with Gasteiger partial charge in [-0.3, -0.25) is 19.3 Å². The molecule has 0 radical (unpaired) electrons. The molecular weight excluding hydrogens is 564 g/mol. The van der Waals surface area contributed by atoms with E-state index in [1.165, 1.54) is 61.4 Å². The molecule has 1 aliphatic rings. The number of nitrogens with zero attached hydrogens (tertiary/aromatic N) is 1. The summed E-state index contributed by atoms with van der Waals surface area (Å²) >= 11 is 0.811. The van der Waals surface area contributed by atoms with Crippen molar-refractivity contribution < 1.29 is 31.7 Å². The van der Waals surface area contributed by atoms with Gasteiger partial charge in [0.1, 0.15) is 4.90 Å². The van der Waals surface area contributed by atoms with Crippen LogP contribution in [0.15, 0.2) is 94.7 Å². The van der Waals surface area contributed by atoms with E-state index in [-0.39, 0.29) is 33.8 Å². The van der Waals surface area contributed by atoms with Crippen LogP contribution in [0.1, 0.15) is 18.1 Å². The van der Waals surface area contributed by atoms with Crippen molar-refractivity contribution in [3.05, 3.63) is 101 Å². The van der Waals surface area contributed by atoms with E-state index in [1.807, 2.05) is 42.5 Å². The number of rotatable bonds is 8. The van der Waals surface area contributed by atoms with Crippen molar-refractivity contribution in [3.63, 3.8) is 0 Å². The number of nitrogens with one attached hydrogen (secondary N) is 1. The molecule has 1 aliphatic heterocycles. The normalized spacial score (nSPS) is 14.5. The second-order valence-corrected chi connectivity index (χ2v) is 11.6. The molecule has 11 heteroatoms. The minimum Gasteiger partial charge on any atom is -0.493 e. The molecule has 41 heavy (non-hydrogen) atoms. The number of ether oxygens (including phenoxy) is 1. The number of fused-ring (bicyclic) bond motifs is 1. The smallest absolute Gasteiger partial charge is 0.339 e. The van der Waals surface area contributed by atoms with E-state index < -0.39 is 21.3 Å². The minimum absolute atomic E-state index is 0.0952. The van der Waals surface area contributed by atoms with Gasteiger partial charge >= 0.3 is 10.1 Å². The van der Waals surface area contributed by atoms with Crippen molar-refractivity contribution >= 4 is 61.5 Å². The standard InChI is InChI=1S/C30H24N2O7S2/c1-19(33)31-23-11-13-24(14-12-23)41(36,37)39-27-16-20(10-15-26(27)38-2)17-28-29(34)32(30(35)40-28)18-22-8-5-7-21-6-3-4-9-25(21)22/h3-17H,18H2,1-2H3,(H,31,33)/b28-17-. The molecule has 0 unspecified atom stereocenters. The van der Waals surface area contributed by atoms with Crippen LogP contribution in [-0.4, -0.2) is 37.5 Å². The van der Waals surface area contributed by atoms with Gasteiger partial charge in [0.2, 0.25) is 5.91 Å². The lowest BCUT2D eigenvalue weighted by Gasteiger charge is -2.14. The van der Waals surface area contributed by atoms with E-state index in [0.717, 1.165) is 28.1 Å². The summed E-state index contributed by atoms with van der Waals surface area (Å²) in [4.78, 5) is 38.5. The summed E-state index contributed by atoms with van der Waals surface area (Å²) < 4.78 is 36.6. The second-order valence-electron chi connectivity index (χ2n) is 9.06. The van der Waals surface area contributed by atoms with E-state index in [9.17, 15) is 22.8 Å². The first-order valence-electron chi connectivity index (χ1n) is 12.4. The lowest BCUT2D eigenvalue weighted by Crippen LogP contribution is -2.27. The molecular formula is C30H24N2O7S2. The molecule has 1 heterocycles. The summed E-state index contributed by atoms with van der Waals surface area (Å²) in [7, 11) is -2.89. The van der Waals surface area contributed by atoms with Gasteiger partial charge in [-0.05, 0) is 76.1 Å². The maximum Gasteiger partial charge on any atom is 0.339 e. The molecule has 3 amide bonds. The van der Waals surface area contributed by atoms with Crippen LogP contribution in [0.5, 0.6) is 11.5 Å². The third-order valence-electron chi connectivity index (χ3n) is 6.23. The van der Waals surface area contributed by atoms with Crippen LogP contribution in [0.4, 0.5) is 10.5 Å². The molecule has 1 fully saturated rings. The number of thioether (sulfide) groups is 1. The fourth-order valence-corrected chi connectivity index (χ4v) is 6.08. The van der Waals surface area contributed by atoms with Gasteiger partial charge in [0.15, 0.2) is 11.5 Å². The van der Waals surface area contributed by atoms with E-state index in [2.05, 4.69) is 5.32 Å². The number of methoxy groups -OCH3 is 1. The summed E-state index contributed by atoms with van der Waals surface area (Å²) in [6, 6.07) is 23.5. The van der Waals surface area contributed by atoms with Gasteiger partial charge in [-0.2, -0.15) is 8.42 Å². The zero-order valence-electron chi connectivity index (χ0n) is 22.0. The maximum atomic E-state index is 13.2. The van der Waals surface area contributed by atoms with Crippen molar-refractivity contribution in [1.82, 2.24) is 4.90 Å². The van der Waals surface area contributed by atoms with Crippen molar-refractivity contribution in [2.24, 2.45) is 0 Å². The lowest BCUT2D eigenvalue weighted by atomic mass is 10.0. The van der Waals surface area contributed by atoms with Crippen molar-refractivity contribution in [2.45, 2.75) is 18.4 Å². The van der Waals surface area contributed by atoms with Crippen molar-refractivity contribution in [3.8, 4) is 11.5 Å². The molecule has 208 valence electrons. The Morgan fingerprint density at radius 1 is 0.951 bits per heavy atom. The maximum absolute atomic E-state index is 13.2. The number of hydrogen-bond acceptors (Lipinski definition) is 8. The summed E-state index contributed by atoms with van der Waals surface area (Å²) in [5, 5.41) is 4.14. The number of amides is 3. The molecule has 0 bridgehead atoms. The third-order valence-corrected chi connectivity index (χ3v) is 8.39. The molecule has 4 aromatic rings. The summed E-state index contributed by atoms with van der Waals surface area (Å²) in [5.74, 6) is -0.672. The summed E-state index contributed by atoms with van der Waals surface area (Å²) in [6.07, 6.45) is 1.51. The van der Waals surface area contributed by atoms with E-state index in [0.29, 0.717) is 11.3 Å². The Labute approximate surface area is 240 Å². The number of imide groups is 1. The number of anilines is 1. The molecule has 4 aromatic carbocycles. The fourth-order valence-electron chi connectivity index (χ4n) is 4.31. The Morgan fingerprint density at radius 2 is 1.68 bits per heavy atom. The second kappa shape index (κ2) is 11.5. The van der Waals surface area contributed by atoms with Crippen LogP contribution in [0.2, 0.25) is 0 Å². The highest BCUT2D eigenvalue weighted by Gasteiger charge is 2.35. The highest BCUT2D eigenvalue weighted by atomic mass is 32.2. The zero-order valence-corrected chi connectivity index (χ0v) is 23.6. The topological polar surface area (TPSA) is 119 Å². The SMILES string of the molecule is COc1ccc(/C=C2\SC(=O)N(Cc3cccc4ccccc34)C2=O)cc1OS(=O)(=O)c1ccc(NC(C)=O)cc1. The molecule has 0 spiro atoms. The van der Waals surface area contributed by atoms with Crippen molar-refractivity contribution in [1.29, 1.82) is 0 Å². The predicted molar refractivity (Wildman–Crippen MR) is 157 cm³/mol. The quantitative estimate of drug-likeness (QED) is 0.202. The van der Waals surface area contributed by atoms with Gasteiger partial charge < -0.3 is 14.2 Å². The van der Waals surface area contributed by atoms with Crippen LogP contribution >= 0.6 is 11.8 Å². The average molecular weight is 589 g/mol. The number of carbonyl (C=O) groups is 3. The first-order chi connectivity index (χ1) is 19.6. The largest absolute Gasteiger partial charge is 0.493 e. The van der Waals surface area contributed by atoms with Crippen LogP contribution in [0.25, 0.3) is 16.8 Å². The Morgan fingerprint density at radius 3 is 2.41 bits per heavy atom. The van der Waals surface area contributed by atoms with Gasteiger partial charge in [0, 0.05) is 12.6 Å². The Kier molecular flexibility index (Phi) is 7.82. The lowest BCUT2D eigenvalue weighted by molar-refractivity contribution is -0.123. The van der Waals surface area contributed by atoms with Gasteiger partial charge in [-0.1, -0.05) is 48.5 Å². The molecule has 1 saturated heterocycles. The molecule has 0 aliphatic carbocycles. The first kappa shape index (κ1) is 27.9. The van der Waals surface area contributed by atoms with Crippen LogP contribution in [0.3, 0.4) is 0 Å². The molecule has 0 saturated carbocycles. The van der Waals surface area contributed by atoms with E-state index >= 15 is 0 Å². The van der Waals surface area contributed by atoms with Crippen LogP contribution < -0.4 is 14.2 Å². The highest BCUT2D eigenvalue weighted by molar-refractivity contribution is 8.18. The zero-order chi connectivity index (χ0) is 29.1. The minimum atomic E-state index is -4.26. The van der Waals surface area contributed by atoms with Gasteiger partial charge in [-0.25, -0.2) is 0 Å². The van der Waals surface area contributed by atoms with E-state index in [4.69, 9.17) is 8.92 Å². The van der Waals surface area contributed by atoms with Crippen LogP contribution in [-0.2, 0) is 26.3 Å². The summed E-state index contributed by atoms with van der Waals surface area (Å²) in [6.45, 7) is 1.47. The van der Waals surface area contributed by atoms with Gasteiger partial charge in [0.05, 0.1) is 18.6 Å². The Hall–Kier alpha value is -4.61. The number of carbonyl (C=O) groups excluding carboxylic acids is 3. The fraction of sp³-hybridized carbons (Fsp3) is 0.100.